The molecule has 1 unspecified atom stereocenters. The fraction of sp³-hybridized carbons (Fsp3) is 0.409. The topological polar surface area (TPSA) is 100 Å². The second-order valence-corrected chi connectivity index (χ2v) is 7.08. The summed E-state index contributed by atoms with van der Waals surface area (Å²) in [6, 6.07) is 15.3. The van der Waals surface area contributed by atoms with E-state index in [4.69, 9.17) is 14.7 Å². The van der Waals surface area contributed by atoms with E-state index < -0.39 is 12.0 Å². The van der Waals surface area contributed by atoms with Crippen molar-refractivity contribution < 1.29 is 24.6 Å². The van der Waals surface area contributed by atoms with Crippen LogP contribution in [0.1, 0.15) is 30.9 Å². The summed E-state index contributed by atoms with van der Waals surface area (Å²) < 4.78 is 11.0. The minimum atomic E-state index is -0.595. The smallest absolute Gasteiger partial charge is 0.281 e. The van der Waals surface area contributed by atoms with Gasteiger partial charge in [-0.05, 0) is 48.2 Å². The summed E-state index contributed by atoms with van der Waals surface area (Å²) in [5.74, 6) is 1.01. The van der Waals surface area contributed by atoms with Crippen molar-refractivity contribution in [1.29, 1.82) is 0 Å². The van der Waals surface area contributed by atoms with Crippen LogP contribution in [-0.2, 0) is 11.2 Å². The summed E-state index contributed by atoms with van der Waals surface area (Å²) in [6.07, 6.45) is 0.207. The summed E-state index contributed by atoms with van der Waals surface area (Å²) >= 11 is 0. The van der Waals surface area contributed by atoms with Crippen molar-refractivity contribution in [3.63, 3.8) is 0 Å². The summed E-state index contributed by atoms with van der Waals surface area (Å²) in [4.78, 5) is 11.2. The number of nitrogens with one attached hydrogen (secondary N) is 2. The van der Waals surface area contributed by atoms with Gasteiger partial charge in [0.2, 0.25) is 0 Å². The molecule has 0 bridgehead atoms. The average Bonchev–Trinajstić information content (AvgIpc) is 2.74. The molecule has 2 aromatic rings. The number of hydrogen-bond donors (Lipinski definition) is 4. The molecule has 2 rings (SSSR count). The number of benzene rings is 2. The first-order valence-corrected chi connectivity index (χ1v) is 9.74. The van der Waals surface area contributed by atoms with E-state index in [0.29, 0.717) is 18.8 Å². The van der Waals surface area contributed by atoms with Gasteiger partial charge in [0.15, 0.2) is 6.61 Å². The summed E-state index contributed by atoms with van der Waals surface area (Å²) in [7, 11) is 0. The van der Waals surface area contributed by atoms with Gasteiger partial charge in [-0.3, -0.25) is 10.0 Å². The van der Waals surface area contributed by atoms with E-state index in [0.717, 1.165) is 23.3 Å². The molecular formula is C22H31ClN2O5. The zero-order valence-corrected chi connectivity index (χ0v) is 18.2. The molecule has 8 heteroatoms. The number of carbonyl (C=O) groups excluding carboxylic acids is 1. The molecule has 2 aromatic carbocycles. The van der Waals surface area contributed by atoms with Crippen LogP contribution in [0.3, 0.4) is 0 Å². The number of carbonyl (C=O) groups is 1. The first-order chi connectivity index (χ1) is 14.0. The highest BCUT2D eigenvalue weighted by atomic mass is 35.5. The van der Waals surface area contributed by atoms with Crippen molar-refractivity contribution in [3.05, 3.63) is 59.7 Å². The number of rotatable bonds is 12. The van der Waals surface area contributed by atoms with Gasteiger partial charge in [0, 0.05) is 6.54 Å². The monoisotopic (exact) mass is 438 g/mol. The summed E-state index contributed by atoms with van der Waals surface area (Å²) in [5, 5.41) is 21.8. The van der Waals surface area contributed by atoms with E-state index in [1.54, 1.807) is 5.48 Å². The molecule has 0 fully saturated rings. The van der Waals surface area contributed by atoms with Crippen LogP contribution in [0, 0.1) is 0 Å². The van der Waals surface area contributed by atoms with Crippen molar-refractivity contribution in [2.75, 3.05) is 26.3 Å². The van der Waals surface area contributed by atoms with Crippen molar-refractivity contribution in [2.45, 2.75) is 32.3 Å². The zero-order valence-electron chi connectivity index (χ0n) is 17.3. The zero-order chi connectivity index (χ0) is 21.1. The molecule has 0 aromatic heterocycles. The number of hydroxylamine groups is 1. The normalized spacial score (nSPS) is 11.5. The third kappa shape index (κ3) is 9.00. The van der Waals surface area contributed by atoms with Gasteiger partial charge in [0.05, 0.1) is 0 Å². The minimum Gasteiger partial charge on any atom is -0.491 e. The molecule has 0 aliphatic rings. The number of amides is 1. The van der Waals surface area contributed by atoms with E-state index in [2.05, 4.69) is 25.2 Å². The molecule has 0 aliphatic heterocycles. The fourth-order valence-electron chi connectivity index (χ4n) is 2.78. The van der Waals surface area contributed by atoms with Crippen LogP contribution >= 0.6 is 12.4 Å². The van der Waals surface area contributed by atoms with E-state index in [1.807, 2.05) is 42.5 Å². The van der Waals surface area contributed by atoms with Crippen molar-refractivity contribution in [1.82, 2.24) is 10.8 Å². The van der Waals surface area contributed by atoms with Crippen molar-refractivity contribution in [3.8, 4) is 11.5 Å². The Kier molecular flexibility index (Phi) is 11.8. The molecule has 0 aliphatic carbocycles. The maximum atomic E-state index is 11.2. The van der Waals surface area contributed by atoms with Gasteiger partial charge < -0.3 is 19.9 Å². The molecule has 0 heterocycles. The first-order valence-electron chi connectivity index (χ1n) is 9.74. The molecule has 0 spiro atoms. The van der Waals surface area contributed by atoms with Crippen LogP contribution in [0.2, 0.25) is 0 Å². The van der Waals surface area contributed by atoms with Crippen LogP contribution in [0.25, 0.3) is 0 Å². The Balaban J connectivity index is 0.00000450. The van der Waals surface area contributed by atoms with Gasteiger partial charge in [0.25, 0.3) is 5.91 Å². The molecule has 7 nitrogen and oxygen atoms in total. The molecule has 166 valence electrons. The quantitative estimate of drug-likeness (QED) is 0.231. The van der Waals surface area contributed by atoms with Crippen LogP contribution in [0.5, 0.6) is 11.5 Å². The maximum Gasteiger partial charge on any atom is 0.281 e. The highest BCUT2D eigenvalue weighted by molar-refractivity contribution is 5.85. The van der Waals surface area contributed by atoms with Gasteiger partial charge in [-0.1, -0.05) is 44.2 Å². The van der Waals surface area contributed by atoms with Gasteiger partial charge in [-0.25, -0.2) is 5.48 Å². The number of halogens is 1. The summed E-state index contributed by atoms with van der Waals surface area (Å²) in [6.45, 7) is 5.27. The van der Waals surface area contributed by atoms with Crippen molar-refractivity contribution >= 4 is 18.3 Å². The van der Waals surface area contributed by atoms with E-state index in [1.165, 1.54) is 0 Å². The SMILES string of the molecule is CC(C)c1cc(CCNCC(O)COc2ccccc2)ccc1OCC(=O)NO.Cl. The van der Waals surface area contributed by atoms with Crippen LogP contribution in [-0.4, -0.2) is 48.6 Å². The Bertz CT molecular complexity index is 758. The Morgan fingerprint density at radius 1 is 1.10 bits per heavy atom. The second kappa shape index (κ2) is 13.8. The Morgan fingerprint density at radius 2 is 1.83 bits per heavy atom. The van der Waals surface area contributed by atoms with E-state index in [-0.39, 0.29) is 31.5 Å². The lowest BCUT2D eigenvalue weighted by Gasteiger charge is -2.16. The van der Waals surface area contributed by atoms with Crippen LogP contribution in [0.4, 0.5) is 0 Å². The largest absolute Gasteiger partial charge is 0.491 e. The number of hydrogen-bond acceptors (Lipinski definition) is 6. The number of para-hydroxylation sites is 1. The fourth-order valence-corrected chi connectivity index (χ4v) is 2.78. The molecular weight excluding hydrogens is 408 g/mol. The first kappa shape index (κ1) is 25.7. The molecule has 0 radical (unpaired) electrons. The van der Waals surface area contributed by atoms with Gasteiger partial charge in [-0.15, -0.1) is 12.4 Å². The van der Waals surface area contributed by atoms with Crippen LogP contribution < -0.4 is 20.3 Å². The van der Waals surface area contributed by atoms with Gasteiger partial charge in [-0.2, -0.15) is 0 Å². The highest BCUT2D eigenvalue weighted by Crippen LogP contribution is 2.27. The number of ether oxygens (including phenoxy) is 2. The van der Waals surface area contributed by atoms with Crippen LogP contribution in [0.15, 0.2) is 48.5 Å². The molecule has 4 N–H and O–H groups in total. The molecule has 0 saturated heterocycles. The highest BCUT2D eigenvalue weighted by Gasteiger charge is 2.11. The molecule has 0 saturated carbocycles. The molecule has 30 heavy (non-hydrogen) atoms. The standard InChI is InChI=1S/C22H30N2O5.ClH/c1-16(2)20-12-17(8-9-21(20)29-15-22(26)24-27)10-11-23-13-18(25)14-28-19-6-4-3-5-7-19;/h3-9,12,16,18,23,25,27H,10-11,13-15H2,1-2H3,(H,24,26);1H. The number of aliphatic hydroxyl groups is 1. The molecule has 1 atom stereocenters. The average molecular weight is 439 g/mol. The Morgan fingerprint density at radius 3 is 2.50 bits per heavy atom. The second-order valence-electron chi connectivity index (χ2n) is 7.08. The molecule has 1 amide bonds. The lowest BCUT2D eigenvalue weighted by molar-refractivity contribution is -0.131. The van der Waals surface area contributed by atoms with E-state index >= 15 is 0 Å². The minimum absolute atomic E-state index is 0. The Labute approximate surface area is 183 Å². The van der Waals surface area contributed by atoms with E-state index in [9.17, 15) is 9.90 Å². The summed E-state index contributed by atoms with van der Waals surface area (Å²) in [5.41, 5.74) is 3.69. The third-order valence-corrected chi connectivity index (χ3v) is 4.34. The lowest BCUT2D eigenvalue weighted by Crippen LogP contribution is -2.32. The predicted octanol–water partition coefficient (Wildman–Crippen LogP) is 2.69. The Hall–Kier alpha value is -2.32. The predicted molar refractivity (Wildman–Crippen MR) is 118 cm³/mol. The lowest BCUT2D eigenvalue weighted by atomic mass is 9.98. The number of aliphatic hydroxyl groups excluding tert-OH is 1. The van der Waals surface area contributed by atoms with Gasteiger partial charge >= 0.3 is 0 Å². The van der Waals surface area contributed by atoms with Crippen molar-refractivity contribution in [2.24, 2.45) is 0 Å². The van der Waals surface area contributed by atoms with Gasteiger partial charge in [0.1, 0.15) is 24.2 Å². The maximum absolute atomic E-state index is 11.2. The third-order valence-electron chi connectivity index (χ3n) is 4.34.